The van der Waals surface area contributed by atoms with Crippen molar-refractivity contribution in [3.8, 4) is 0 Å². The van der Waals surface area contributed by atoms with E-state index in [1.54, 1.807) is 0 Å². The maximum absolute atomic E-state index is 13.6. The first-order valence-corrected chi connectivity index (χ1v) is 11.4. The van der Waals surface area contributed by atoms with E-state index in [0.29, 0.717) is 12.5 Å². The summed E-state index contributed by atoms with van der Waals surface area (Å²) < 4.78 is 0. The van der Waals surface area contributed by atoms with Gasteiger partial charge in [-0.25, -0.2) is 0 Å². The predicted octanol–water partition coefficient (Wildman–Crippen LogP) is 2.72. The molecule has 5 nitrogen and oxygen atoms in total. The van der Waals surface area contributed by atoms with E-state index >= 15 is 0 Å². The molecule has 0 aromatic heterocycles. The predicted molar refractivity (Wildman–Crippen MR) is 113 cm³/mol. The second kappa shape index (κ2) is 7.12. The topological polar surface area (TPSA) is 43.9 Å². The number of benzene rings is 1. The number of carbonyl (C=O) groups excluding carboxylic acids is 2. The number of hydrogen-bond acceptors (Lipinski definition) is 3. The van der Waals surface area contributed by atoms with Gasteiger partial charge in [-0.05, 0) is 57.4 Å². The highest BCUT2D eigenvalue weighted by Gasteiger charge is 2.56. The summed E-state index contributed by atoms with van der Waals surface area (Å²) in [6, 6.07) is 8.53. The fourth-order valence-electron chi connectivity index (χ4n) is 5.74. The highest BCUT2D eigenvalue weighted by molar-refractivity contribution is 5.91. The highest BCUT2D eigenvalue weighted by atomic mass is 16.2. The molecule has 1 atom stereocenters. The van der Waals surface area contributed by atoms with Gasteiger partial charge in [0.2, 0.25) is 11.8 Å². The van der Waals surface area contributed by atoms with Crippen molar-refractivity contribution in [3.63, 3.8) is 0 Å². The van der Waals surface area contributed by atoms with E-state index in [-0.39, 0.29) is 16.9 Å². The largest absolute Gasteiger partial charge is 0.342 e. The third kappa shape index (κ3) is 3.27. The van der Waals surface area contributed by atoms with Gasteiger partial charge in [0.05, 0.1) is 12.0 Å². The van der Waals surface area contributed by atoms with Gasteiger partial charge in [0, 0.05) is 38.3 Å². The fourth-order valence-corrected chi connectivity index (χ4v) is 5.74. The van der Waals surface area contributed by atoms with E-state index in [1.807, 2.05) is 4.90 Å². The number of likely N-dealkylation sites (tertiary alicyclic amines) is 3. The molecule has 1 saturated carbocycles. The molecule has 0 bridgehead atoms. The van der Waals surface area contributed by atoms with Crippen LogP contribution in [0.4, 0.5) is 0 Å². The molecule has 0 N–H and O–H groups in total. The molecule has 29 heavy (non-hydrogen) atoms. The van der Waals surface area contributed by atoms with Gasteiger partial charge in [-0.15, -0.1) is 0 Å². The third-order valence-corrected chi connectivity index (χ3v) is 7.91. The zero-order chi connectivity index (χ0) is 20.1. The van der Waals surface area contributed by atoms with Crippen LogP contribution < -0.4 is 0 Å². The monoisotopic (exact) mass is 395 g/mol. The Balaban J connectivity index is 1.27. The van der Waals surface area contributed by atoms with Crippen molar-refractivity contribution in [2.75, 3.05) is 39.3 Å². The first-order chi connectivity index (χ1) is 14.0. The molecule has 3 heterocycles. The van der Waals surface area contributed by atoms with Gasteiger partial charge in [0.25, 0.3) is 0 Å². The molecule has 4 fully saturated rings. The smallest absolute Gasteiger partial charge is 0.236 e. The zero-order valence-corrected chi connectivity index (χ0v) is 17.7. The van der Waals surface area contributed by atoms with Crippen LogP contribution in [0.15, 0.2) is 24.3 Å². The van der Waals surface area contributed by atoms with Crippen molar-refractivity contribution >= 4 is 11.8 Å². The number of hydrogen-bond donors (Lipinski definition) is 0. The van der Waals surface area contributed by atoms with Gasteiger partial charge in [0.15, 0.2) is 0 Å². The summed E-state index contributed by atoms with van der Waals surface area (Å²) in [6.07, 6.45) is 7.49. The summed E-state index contributed by atoms with van der Waals surface area (Å²) >= 11 is 0. The molecule has 3 aliphatic heterocycles. The van der Waals surface area contributed by atoms with Crippen molar-refractivity contribution in [1.29, 1.82) is 0 Å². The summed E-state index contributed by atoms with van der Waals surface area (Å²) in [6.45, 7) is 7.12. The minimum Gasteiger partial charge on any atom is -0.342 e. The molecule has 2 amide bonds. The first-order valence-electron chi connectivity index (χ1n) is 11.4. The second-order valence-electron chi connectivity index (χ2n) is 9.76. The van der Waals surface area contributed by atoms with Crippen molar-refractivity contribution in [2.45, 2.75) is 62.8 Å². The molecule has 1 aromatic carbocycles. The molecular weight excluding hydrogens is 362 g/mol. The van der Waals surface area contributed by atoms with Gasteiger partial charge in [0.1, 0.15) is 0 Å². The van der Waals surface area contributed by atoms with Crippen LogP contribution in [-0.2, 0) is 15.0 Å². The Bertz CT molecular complexity index is 795. The van der Waals surface area contributed by atoms with Crippen molar-refractivity contribution in [3.05, 3.63) is 35.4 Å². The number of carbonyl (C=O) groups is 2. The van der Waals surface area contributed by atoms with Crippen LogP contribution in [0.1, 0.15) is 56.1 Å². The molecule has 1 aliphatic carbocycles. The molecule has 1 aromatic rings. The molecule has 0 unspecified atom stereocenters. The quantitative estimate of drug-likeness (QED) is 0.787. The Morgan fingerprint density at radius 1 is 0.862 bits per heavy atom. The third-order valence-electron chi connectivity index (χ3n) is 7.91. The van der Waals surface area contributed by atoms with E-state index in [2.05, 4.69) is 41.0 Å². The lowest BCUT2D eigenvalue weighted by Crippen LogP contribution is -2.69. The minimum atomic E-state index is -0.286. The summed E-state index contributed by atoms with van der Waals surface area (Å²) in [5, 5.41) is 0. The SMILES string of the molecule is Cc1ccc(C2(C(=O)N3CCC[C@]4(CCN4CC(=O)N4CCCC4)C3)CC2)cc1. The Labute approximate surface area is 174 Å². The Morgan fingerprint density at radius 2 is 1.55 bits per heavy atom. The minimum absolute atomic E-state index is 0.0344. The summed E-state index contributed by atoms with van der Waals surface area (Å²) in [4.78, 5) is 32.8. The van der Waals surface area contributed by atoms with E-state index in [1.165, 1.54) is 11.1 Å². The molecule has 5 rings (SSSR count). The number of piperidine rings is 1. The number of nitrogens with zero attached hydrogens (tertiary/aromatic N) is 3. The Hall–Kier alpha value is -1.88. The van der Waals surface area contributed by atoms with Crippen molar-refractivity contribution in [1.82, 2.24) is 14.7 Å². The van der Waals surface area contributed by atoms with Crippen LogP contribution in [0.3, 0.4) is 0 Å². The lowest BCUT2D eigenvalue weighted by molar-refractivity contribution is -0.147. The summed E-state index contributed by atoms with van der Waals surface area (Å²) in [7, 11) is 0. The van der Waals surface area contributed by atoms with Gasteiger partial charge < -0.3 is 9.80 Å². The van der Waals surface area contributed by atoms with E-state index < -0.39 is 0 Å². The zero-order valence-electron chi connectivity index (χ0n) is 17.7. The lowest BCUT2D eigenvalue weighted by atomic mass is 9.77. The van der Waals surface area contributed by atoms with E-state index in [0.717, 1.165) is 77.7 Å². The molecule has 156 valence electrons. The van der Waals surface area contributed by atoms with Crippen molar-refractivity contribution < 1.29 is 9.59 Å². The number of aryl methyl sites for hydroxylation is 1. The average molecular weight is 396 g/mol. The highest BCUT2D eigenvalue weighted by Crippen LogP contribution is 2.51. The summed E-state index contributed by atoms with van der Waals surface area (Å²) in [5.74, 6) is 0.599. The van der Waals surface area contributed by atoms with Crippen molar-refractivity contribution in [2.24, 2.45) is 0 Å². The van der Waals surface area contributed by atoms with Crippen LogP contribution in [0, 0.1) is 6.92 Å². The molecule has 4 aliphatic rings. The maximum Gasteiger partial charge on any atom is 0.236 e. The molecule has 5 heteroatoms. The van der Waals surface area contributed by atoms with Gasteiger partial charge in [-0.3, -0.25) is 14.5 Å². The van der Waals surface area contributed by atoms with E-state index in [4.69, 9.17) is 0 Å². The normalized spacial score (nSPS) is 28.4. The van der Waals surface area contributed by atoms with Crippen LogP contribution >= 0.6 is 0 Å². The number of amides is 2. The first kappa shape index (κ1) is 19.1. The van der Waals surface area contributed by atoms with Crippen LogP contribution in [-0.4, -0.2) is 71.3 Å². The van der Waals surface area contributed by atoms with Crippen LogP contribution in [0.2, 0.25) is 0 Å². The van der Waals surface area contributed by atoms with Gasteiger partial charge >= 0.3 is 0 Å². The van der Waals surface area contributed by atoms with Gasteiger partial charge in [-0.2, -0.15) is 0 Å². The standard InChI is InChI=1S/C24H33N3O2/c1-19-5-7-20(8-6-19)24(10-11-24)22(29)26-15-4-9-23(18-26)12-16-27(23)17-21(28)25-13-2-3-14-25/h5-8H,2-4,9-18H2,1H3/t23-/m0/s1. The van der Waals surface area contributed by atoms with Gasteiger partial charge in [-0.1, -0.05) is 29.8 Å². The van der Waals surface area contributed by atoms with Crippen LogP contribution in [0.5, 0.6) is 0 Å². The fraction of sp³-hybridized carbons (Fsp3) is 0.667. The number of rotatable bonds is 4. The van der Waals surface area contributed by atoms with E-state index in [9.17, 15) is 9.59 Å². The molecule has 3 saturated heterocycles. The Kier molecular flexibility index (Phi) is 4.69. The van der Waals surface area contributed by atoms with Crippen LogP contribution in [0.25, 0.3) is 0 Å². The molecule has 1 spiro atoms. The maximum atomic E-state index is 13.6. The summed E-state index contributed by atoms with van der Waals surface area (Å²) in [5.41, 5.74) is 2.17. The Morgan fingerprint density at radius 3 is 2.17 bits per heavy atom. The molecular formula is C24H33N3O2. The average Bonchev–Trinajstić information content (AvgIpc) is 3.36. The molecule has 0 radical (unpaired) electrons. The lowest BCUT2D eigenvalue weighted by Gasteiger charge is -2.57. The second-order valence-corrected chi connectivity index (χ2v) is 9.76.